The number of imide groups is 1. The number of carbonyl (C=O) groups excluding carboxylic acids is 4. The topological polar surface area (TPSA) is 90.0 Å². The number of amides is 2. The predicted molar refractivity (Wildman–Crippen MR) is 119 cm³/mol. The third-order valence-electron chi connectivity index (χ3n) is 6.88. The van der Waals surface area contributed by atoms with Crippen molar-refractivity contribution < 1.29 is 28.7 Å². The van der Waals surface area contributed by atoms with Gasteiger partial charge >= 0.3 is 5.97 Å². The fraction of sp³-hybridized carbons (Fsp3) is 0.308. The van der Waals surface area contributed by atoms with Crippen molar-refractivity contribution >= 4 is 29.3 Å². The van der Waals surface area contributed by atoms with E-state index in [0.29, 0.717) is 22.6 Å². The van der Waals surface area contributed by atoms with E-state index in [-0.39, 0.29) is 46.8 Å². The lowest BCUT2D eigenvalue weighted by molar-refractivity contribution is -0.123. The second-order valence-electron chi connectivity index (χ2n) is 8.74. The lowest BCUT2D eigenvalue weighted by atomic mass is 9.85. The van der Waals surface area contributed by atoms with Crippen LogP contribution in [0.3, 0.4) is 0 Å². The molecule has 2 amide bonds. The number of Topliss-reactive ketones (excluding diaryl/α,β-unsaturated/α-hetero) is 1. The van der Waals surface area contributed by atoms with Crippen molar-refractivity contribution in [2.24, 2.45) is 23.7 Å². The van der Waals surface area contributed by atoms with E-state index in [4.69, 9.17) is 9.47 Å². The fourth-order valence-corrected chi connectivity index (χ4v) is 5.21. The smallest absolute Gasteiger partial charge is 0.338 e. The average molecular weight is 445 g/mol. The number of nitrogens with zero attached hydrogens (tertiary/aromatic N) is 1. The van der Waals surface area contributed by atoms with E-state index in [1.807, 2.05) is 12.2 Å². The van der Waals surface area contributed by atoms with Crippen molar-refractivity contribution in [2.45, 2.75) is 13.3 Å². The van der Waals surface area contributed by atoms with Crippen molar-refractivity contribution in [2.75, 3.05) is 18.6 Å². The first-order valence-corrected chi connectivity index (χ1v) is 10.9. The van der Waals surface area contributed by atoms with Crippen molar-refractivity contribution in [3.8, 4) is 5.75 Å². The second-order valence-corrected chi connectivity index (χ2v) is 8.74. The predicted octanol–water partition coefficient (Wildman–Crippen LogP) is 3.35. The summed E-state index contributed by atoms with van der Waals surface area (Å²) in [6.07, 6.45) is 4.94. The molecule has 4 atom stereocenters. The molecule has 3 aliphatic rings. The number of aryl methyl sites for hydroxylation is 1. The fourth-order valence-electron chi connectivity index (χ4n) is 5.21. The molecule has 2 aromatic carbocycles. The molecule has 33 heavy (non-hydrogen) atoms. The Bertz CT molecular complexity index is 1190. The number of benzene rings is 2. The Balaban J connectivity index is 1.33. The average Bonchev–Trinajstić information content (AvgIpc) is 3.51. The van der Waals surface area contributed by atoms with Crippen LogP contribution >= 0.6 is 0 Å². The van der Waals surface area contributed by atoms with Crippen LogP contribution in [0.5, 0.6) is 5.75 Å². The first-order valence-electron chi connectivity index (χ1n) is 10.9. The molecule has 2 bridgehead atoms. The molecule has 2 fully saturated rings. The molecule has 7 nitrogen and oxygen atoms in total. The van der Waals surface area contributed by atoms with E-state index in [1.54, 1.807) is 43.3 Å². The van der Waals surface area contributed by atoms with Crippen LogP contribution in [0.2, 0.25) is 0 Å². The highest BCUT2D eigenvalue weighted by Gasteiger charge is 2.59. The van der Waals surface area contributed by atoms with Gasteiger partial charge in [-0.15, -0.1) is 0 Å². The van der Waals surface area contributed by atoms with Gasteiger partial charge in [-0.25, -0.2) is 9.69 Å². The standard InChI is InChI=1S/C26H23NO6/c1-14-6-7-18(26(31)33-13-21(28)15-4-3-5-19(11-15)32-2)12-20(14)27-24(29)22-16-8-9-17(10-16)23(22)25(27)30/h3-9,11-12,16-17,22-23H,10,13H2,1-2H3/t16-,17-,22-,23-/m0/s1. The Morgan fingerprint density at radius 1 is 0.970 bits per heavy atom. The Morgan fingerprint density at radius 2 is 1.67 bits per heavy atom. The molecule has 5 rings (SSSR count). The lowest BCUT2D eigenvalue weighted by Crippen LogP contribution is -2.33. The SMILES string of the molecule is COc1cccc(C(=O)COC(=O)c2ccc(C)c(N3C(=O)[C@@H]4[C@@H](C3=O)[C@H]3C=C[C@H]4C3)c2)c1. The number of ether oxygens (including phenoxy) is 2. The first-order chi connectivity index (χ1) is 15.9. The molecule has 2 aromatic rings. The summed E-state index contributed by atoms with van der Waals surface area (Å²) in [4.78, 5) is 52.6. The summed E-state index contributed by atoms with van der Waals surface area (Å²) >= 11 is 0. The normalized spacial score (nSPS) is 24.8. The van der Waals surface area contributed by atoms with Gasteiger partial charge in [0.25, 0.3) is 0 Å². The molecule has 1 saturated heterocycles. The number of hydrogen-bond donors (Lipinski definition) is 0. The molecule has 1 saturated carbocycles. The minimum absolute atomic E-state index is 0.109. The van der Waals surface area contributed by atoms with Crippen LogP contribution in [0.25, 0.3) is 0 Å². The van der Waals surface area contributed by atoms with Crippen LogP contribution in [0.15, 0.2) is 54.6 Å². The molecule has 0 aromatic heterocycles. The Kier molecular flexibility index (Phi) is 5.12. The molecule has 0 spiro atoms. The second kappa shape index (κ2) is 7.99. The van der Waals surface area contributed by atoms with Gasteiger partial charge < -0.3 is 9.47 Å². The van der Waals surface area contributed by atoms with Crippen LogP contribution in [0.1, 0.15) is 32.7 Å². The summed E-state index contributed by atoms with van der Waals surface area (Å²) in [5.41, 5.74) is 1.65. The van der Waals surface area contributed by atoms with E-state index >= 15 is 0 Å². The van der Waals surface area contributed by atoms with Crippen molar-refractivity contribution in [1.82, 2.24) is 0 Å². The first kappa shape index (κ1) is 21.1. The van der Waals surface area contributed by atoms with Crippen molar-refractivity contribution in [3.63, 3.8) is 0 Å². The molecule has 1 aliphatic heterocycles. The number of rotatable bonds is 6. The summed E-state index contributed by atoms with van der Waals surface area (Å²) in [5.74, 6) is -1.36. The van der Waals surface area contributed by atoms with Crippen molar-refractivity contribution in [1.29, 1.82) is 0 Å². The summed E-state index contributed by atoms with van der Waals surface area (Å²) in [7, 11) is 1.50. The number of methoxy groups -OCH3 is 1. The minimum Gasteiger partial charge on any atom is -0.497 e. The number of esters is 1. The van der Waals surface area contributed by atoms with Crippen molar-refractivity contribution in [3.05, 3.63) is 71.3 Å². The van der Waals surface area contributed by atoms with Gasteiger partial charge in [-0.3, -0.25) is 14.4 Å². The maximum Gasteiger partial charge on any atom is 0.338 e. The number of fused-ring (bicyclic) bond motifs is 5. The van der Waals surface area contributed by atoms with Crippen LogP contribution < -0.4 is 9.64 Å². The van der Waals surface area contributed by atoms with Gasteiger partial charge in [-0.2, -0.15) is 0 Å². The Labute approximate surface area is 191 Å². The Morgan fingerprint density at radius 3 is 2.33 bits per heavy atom. The third-order valence-corrected chi connectivity index (χ3v) is 6.88. The van der Waals surface area contributed by atoms with Crippen LogP contribution in [0, 0.1) is 30.6 Å². The summed E-state index contributed by atoms with van der Waals surface area (Å²) in [5, 5.41) is 0. The quantitative estimate of drug-likeness (QED) is 0.293. The number of carbonyl (C=O) groups is 4. The summed E-state index contributed by atoms with van der Waals surface area (Å²) < 4.78 is 10.3. The largest absolute Gasteiger partial charge is 0.497 e. The van der Waals surface area contributed by atoms with Gasteiger partial charge in [0.2, 0.25) is 11.8 Å². The van der Waals surface area contributed by atoms with Gasteiger partial charge in [0.15, 0.2) is 12.4 Å². The highest BCUT2D eigenvalue weighted by atomic mass is 16.5. The maximum absolute atomic E-state index is 13.1. The molecule has 168 valence electrons. The van der Waals surface area contributed by atoms with E-state index in [9.17, 15) is 19.2 Å². The van der Waals surface area contributed by atoms with Gasteiger partial charge in [0.05, 0.1) is 30.2 Å². The van der Waals surface area contributed by atoms with Gasteiger partial charge in [0, 0.05) is 5.56 Å². The third kappa shape index (κ3) is 3.44. The number of hydrogen-bond acceptors (Lipinski definition) is 6. The molecular weight excluding hydrogens is 422 g/mol. The van der Waals surface area contributed by atoms with Gasteiger partial charge in [0.1, 0.15) is 5.75 Å². The molecule has 2 aliphatic carbocycles. The van der Waals surface area contributed by atoms with Gasteiger partial charge in [-0.1, -0.05) is 30.4 Å². The molecule has 1 heterocycles. The van der Waals surface area contributed by atoms with Crippen LogP contribution in [-0.4, -0.2) is 37.3 Å². The monoisotopic (exact) mass is 445 g/mol. The number of anilines is 1. The lowest BCUT2D eigenvalue weighted by Gasteiger charge is -2.20. The number of allylic oxidation sites excluding steroid dienone is 2. The van der Waals surface area contributed by atoms with Crippen LogP contribution in [-0.2, 0) is 14.3 Å². The summed E-state index contributed by atoms with van der Waals surface area (Å²) in [6.45, 7) is 1.36. The highest BCUT2D eigenvalue weighted by molar-refractivity contribution is 6.23. The molecule has 0 radical (unpaired) electrons. The zero-order valence-corrected chi connectivity index (χ0v) is 18.3. The van der Waals surface area contributed by atoms with Gasteiger partial charge in [-0.05, 0) is 55.0 Å². The van der Waals surface area contributed by atoms with E-state index < -0.39 is 12.6 Å². The molecular formula is C26H23NO6. The molecule has 7 heteroatoms. The summed E-state index contributed by atoms with van der Waals surface area (Å²) in [6, 6.07) is 11.3. The minimum atomic E-state index is -0.700. The number of ketones is 1. The molecule has 0 unspecified atom stereocenters. The van der Waals surface area contributed by atoms with E-state index in [1.165, 1.54) is 18.1 Å². The van der Waals surface area contributed by atoms with Crippen LogP contribution in [0.4, 0.5) is 5.69 Å². The zero-order valence-electron chi connectivity index (χ0n) is 18.3. The molecule has 0 N–H and O–H groups in total. The highest BCUT2D eigenvalue weighted by Crippen LogP contribution is 2.53. The van der Waals surface area contributed by atoms with E-state index in [2.05, 4.69) is 0 Å². The Hall–Kier alpha value is -3.74. The maximum atomic E-state index is 13.1. The van der Waals surface area contributed by atoms with E-state index in [0.717, 1.165) is 6.42 Å². The zero-order chi connectivity index (χ0) is 23.3.